The molecular formula is C6H10O2S2. The maximum absolute atomic E-state index is 10.5. The van der Waals surface area contributed by atoms with Gasteiger partial charge in [0.15, 0.2) is 0 Å². The van der Waals surface area contributed by atoms with Gasteiger partial charge in [0.1, 0.15) is 4.58 Å². The van der Waals surface area contributed by atoms with Crippen LogP contribution < -0.4 is 0 Å². The molecule has 1 fully saturated rings. The normalized spacial score (nSPS) is 40.0. The summed E-state index contributed by atoms with van der Waals surface area (Å²) < 4.78 is -0.231. The summed E-state index contributed by atoms with van der Waals surface area (Å²) in [6.07, 6.45) is 0. The van der Waals surface area contributed by atoms with Crippen molar-refractivity contribution in [3.63, 3.8) is 0 Å². The molecule has 58 valence electrons. The van der Waals surface area contributed by atoms with E-state index in [2.05, 4.69) is 13.8 Å². The minimum atomic E-state index is -0.689. The molecule has 2 unspecified atom stereocenters. The molecular weight excluding hydrogens is 168 g/mol. The van der Waals surface area contributed by atoms with Crippen LogP contribution in [0.1, 0.15) is 13.8 Å². The third kappa shape index (κ3) is 1.61. The minimum absolute atomic E-state index is 0.231. The molecule has 10 heavy (non-hydrogen) atoms. The van der Waals surface area contributed by atoms with E-state index >= 15 is 0 Å². The zero-order valence-corrected chi connectivity index (χ0v) is 7.54. The fourth-order valence-electron chi connectivity index (χ4n) is 0.760. The van der Waals surface area contributed by atoms with E-state index in [1.165, 1.54) is 0 Å². The van der Waals surface area contributed by atoms with Crippen LogP contribution in [0.2, 0.25) is 0 Å². The van der Waals surface area contributed by atoms with E-state index in [1.54, 1.807) is 23.5 Å². The van der Waals surface area contributed by atoms with Crippen LogP contribution in [0.4, 0.5) is 0 Å². The largest absolute Gasteiger partial charge is 0.480 e. The van der Waals surface area contributed by atoms with Gasteiger partial charge in [0.05, 0.1) is 0 Å². The molecule has 0 spiro atoms. The van der Waals surface area contributed by atoms with E-state index in [9.17, 15) is 4.79 Å². The van der Waals surface area contributed by atoms with Crippen molar-refractivity contribution < 1.29 is 9.90 Å². The fraction of sp³-hybridized carbons (Fsp3) is 0.833. The van der Waals surface area contributed by atoms with Crippen LogP contribution in [0.25, 0.3) is 0 Å². The number of hydrogen-bond donors (Lipinski definition) is 1. The fourth-order valence-corrected chi connectivity index (χ4v) is 3.91. The molecule has 2 nitrogen and oxygen atoms in total. The second-order valence-electron chi connectivity index (χ2n) is 2.35. The quantitative estimate of drug-likeness (QED) is 0.662. The van der Waals surface area contributed by atoms with Gasteiger partial charge in [-0.15, -0.1) is 23.5 Å². The highest BCUT2D eigenvalue weighted by atomic mass is 32.2. The van der Waals surface area contributed by atoms with Crippen molar-refractivity contribution in [3.05, 3.63) is 0 Å². The molecule has 4 heteroatoms. The summed E-state index contributed by atoms with van der Waals surface area (Å²) in [5.74, 6) is -0.689. The first-order valence-corrected chi connectivity index (χ1v) is 5.03. The molecule has 0 aromatic rings. The highest BCUT2D eigenvalue weighted by molar-refractivity contribution is 8.21. The lowest BCUT2D eigenvalue weighted by atomic mass is 10.4. The van der Waals surface area contributed by atoms with Crippen LogP contribution in [-0.2, 0) is 4.79 Å². The summed E-state index contributed by atoms with van der Waals surface area (Å²) in [6, 6.07) is 0. The average molecular weight is 178 g/mol. The summed E-state index contributed by atoms with van der Waals surface area (Å²) in [7, 11) is 0. The van der Waals surface area contributed by atoms with Crippen molar-refractivity contribution in [3.8, 4) is 0 Å². The van der Waals surface area contributed by atoms with Gasteiger partial charge in [-0.25, -0.2) is 0 Å². The first kappa shape index (κ1) is 8.27. The molecule has 0 aromatic carbocycles. The van der Waals surface area contributed by atoms with Crippen LogP contribution in [0, 0.1) is 0 Å². The lowest BCUT2D eigenvalue weighted by Crippen LogP contribution is -2.08. The van der Waals surface area contributed by atoms with Gasteiger partial charge in [0.25, 0.3) is 0 Å². The molecule has 1 aliphatic heterocycles. The number of carboxylic acid groups (broad SMARTS) is 1. The predicted molar refractivity (Wildman–Crippen MR) is 45.5 cm³/mol. The molecule has 1 rings (SSSR count). The average Bonchev–Trinajstić information content (AvgIpc) is 2.13. The maximum Gasteiger partial charge on any atom is 0.326 e. The van der Waals surface area contributed by atoms with Crippen LogP contribution >= 0.6 is 23.5 Å². The molecule has 1 N–H and O–H groups in total. The molecule has 2 atom stereocenters. The highest BCUT2D eigenvalue weighted by Crippen LogP contribution is 2.42. The number of rotatable bonds is 1. The molecule has 0 aliphatic carbocycles. The van der Waals surface area contributed by atoms with Crippen LogP contribution in [-0.4, -0.2) is 26.2 Å². The smallest absolute Gasteiger partial charge is 0.326 e. The summed E-state index contributed by atoms with van der Waals surface area (Å²) in [5, 5.41) is 9.56. The van der Waals surface area contributed by atoms with E-state index in [-0.39, 0.29) is 4.58 Å². The van der Waals surface area contributed by atoms with Gasteiger partial charge < -0.3 is 5.11 Å². The van der Waals surface area contributed by atoms with Crippen molar-refractivity contribution in [1.29, 1.82) is 0 Å². The van der Waals surface area contributed by atoms with Crippen molar-refractivity contribution in [2.75, 3.05) is 0 Å². The van der Waals surface area contributed by atoms with Crippen molar-refractivity contribution in [1.82, 2.24) is 0 Å². The molecule has 0 bridgehead atoms. The van der Waals surface area contributed by atoms with Crippen molar-refractivity contribution in [2.24, 2.45) is 0 Å². The van der Waals surface area contributed by atoms with Crippen molar-refractivity contribution >= 4 is 29.5 Å². The number of carbonyl (C=O) groups is 1. The van der Waals surface area contributed by atoms with Crippen LogP contribution in [0.3, 0.4) is 0 Å². The molecule has 1 aliphatic rings. The zero-order valence-electron chi connectivity index (χ0n) is 5.90. The second kappa shape index (κ2) is 3.05. The van der Waals surface area contributed by atoms with Gasteiger partial charge in [-0.2, -0.15) is 0 Å². The monoisotopic (exact) mass is 178 g/mol. The Morgan fingerprint density at radius 2 is 1.70 bits per heavy atom. The Bertz CT molecular complexity index is 139. The number of aliphatic carboxylic acids is 1. The van der Waals surface area contributed by atoms with Gasteiger partial charge in [0.2, 0.25) is 0 Å². The van der Waals surface area contributed by atoms with Gasteiger partial charge in [-0.3, -0.25) is 4.79 Å². The molecule has 0 radical (unpaired) electrons. The first-order valence-electron chi connectivity index (χ1n) is 3.15. The predicted octanol–water partition coefficient (Wildman–Crippen LogP) is 1.65. The summed E-state index contributed by atoms with van der Waals surface area (Å²) in [6.45, 7) is 4.15. The van der Waals surface area contributed by atoms with Gasteiger partial charge in [-0.1, -0.05) is 13.8 Å². The number of thioether (sulfide) groups is 2. The lowest BCUT2D eigenvalue weighted by Gasteiger charge is -2.02. The maximum atomic E-state index is 10.5. The summed E-state index contributed by atoms with van der Waals surface area (Å²) in [4.78, 5) is 10.5. The lowest BCUT2D eigenvalue weighted by molar-refractivity contribution is -0.134. The molecule has 0 aromatic heterocycles. The molecule has 0 saturated carbocycles. The third-order valence-electron chi connectivity index (χ3n) is 1.54. The Morgan fingerprint density at radius 1 is 1.30 bits per heavy atom. The second-order valence-corrected chi connectivity index (χ2v) is 5.63. The Labute approximate surface area is 68.8 Å². The first-order chi connectivity index (χ1) is 4.61. The SMILES string of the molecule is CC1SC(C(=O)O)SC1C. The van der Waals surface area contributed by atoms with Gasteiger partial charge >= 0.3 is 5.97 Å². The van der Waals surface area contributed by atoms with E-state index in [0.29, 0.717) is 10.5 Å². The number of carboxylic acids is 1. The van der Waals surface area contributed by atoms with Crippen molar-refractivity contribution in [2.45, 2.75) is 28.9 Å². The topological polar surface area (TPSA) is 37.3 Å². The Morgan fingerprint density at radius 3 is 1.90 bits per heavy atom. The summed E-state index contributed by atoms with van der Waals surface area (Å²) in [5.41, 5.74) is 0. The standard InChI is InChI=1S/C6H10O2S2/c1-3-4(2)10-6(9-3)5(7)8/h3-4,6H,1-2H3,(H,7,8). The van der Waals surface area contributed by atoms with E-state index in [1.807, 2.05) is 0 Å². The summed E-state index contributed by atoms with van der Waals surface area (Å²) >= 11 is 3.09. The van der Waals surface area contributed by atoms with Crippen LogP contribution in [0.15, 0.2) is 0 Å². The molecule has 1 heterocycles. The Balaban J connectivity index is 2.49. The zero-order chi connectivity index (χ0) is 7.72. The van der Waals surface area contributed by atoms with E-state index < -0.39 is 5.97 Å². The molecule has 0 amide bonds. The van der Waals surface area contributed by atoms with Gasteiger partial charge in [0, 0.05) is 10.5 Å². The molecule has 1 saturated heterocycles. The number of hydrogen-bond acceptors (Lipinski definition) is 3. The van der Waals surface area contributed by atoms with E-state index in [0.717, 1.165) is 0 Å². The van der Waals surface area contributed by atoms with Gasteiger partial charge in [-0.05, 0) is 0 Å². The Hall–Kier alpha value is 0.170. The van der Waals surface area contributed by atoms with E-state index in [4.69, 9.17) is 5.11 Å². The third-order valence-corrected chi connectivity index (χ3v) is 4.95. The minimum Gasteiger partial charge on any atom is -0.480 e. The Kier molecular flexibility index (Phi) is 2.52. The van der Waals surface area contributed by atoms with Crippen LogP contribution in [0.5, 0.6) is 0 Å². The highest BCUT2D eigenvalue weighted by Gasteiger charge is 2.33.